The van der Waals surface area contributed by atoms with E-state index in [2.05, 4.69) is 4.98 Å². The molecule has 0 unspecified atom stereocenters. The molecular weight excluding hydrogens is 193 g/mol. The molecule has 0 spiro atoms. The second-order valence-corrected chi connectivity index (χ2v) is 2.97. The van der Waals surface area contributed by atoms with Gasteiger partial charge in [-0.1, -0.05) is 0 Å². The van der Waals surface area contributed by atoms with Crippen molar-refractivity contribution in [3.05, 3.63) is 29.6 Å². The molecule has 78 valence electrons. The summed E-state index contributed by atoms with van der Waals surface area (Å²) in [6, 6.07) is 1.11. The lowest BCUT2D eigenvalue weighted by molar-refractivity contribution is -0.137. The van der Waals surface area contributed by atoms with Crippen molar-refractivity contribution in [1.29, 1.82) is 0 Å². The number of hydrogen-bond donors (Lipinski definition) is 1. The van der Waals surface area contributed by atoms with Gasteiger partial charge in [-0.3, -0.25) is 4.98 Å². The molecule has 0 amide bonds. The van der Waals surface area contributed by atoms with Crippen LogP contribution in [-0.4, -0.2) is 11.5 Å². The number of rotatable bonds is 3. The van der Waals surface area contributed by atoms with Crippen LogP contribution in [0.3, 0.4) is 0 Å². The van der Waals surface area contributed by atoms with E-state index in [1.54, 1.807) is 0 Å². The molecule has 0 aromatic carbocycles. The fraction of sp³-hybridized carbons (Fsp3) is 0.444. The van der Waals surface area contributed by atoms with Gasteiger partial charge in [0.1, 0.15) is 0 Å². The third kappa shape index (κ3) is 2.99. The lowest BCUT2D eigenvalue weighted by Crippen LogP contribution is -2.07. The number of aryl methyl sites for hydroxylation is 1. The minimum absolute atomic E-state index is 0.468. The molecule has 0 aliphatic heterocycles. The highest BCUT2D eigenvalue weighted by molar-refractivity contribution is 5.20. The van der Waals surface area contributed by atoms with Crippen LogP contribution in [0.25, 0.3) is 0 Å². The summed E-state index contributed by atoms with van der Waals surface area (Å²) in [7, 11) is 0. The molecule has 14 heavy (non-hydrogen) atoms. The van der Waals surface area contributed by atoms with E-state index in [0.717, 1.165) is 12.3 Å². The van der Waals surface area contributed by atoms with Crippen molar-refractivity contribution >= 4 is 0 Å². The van der Waals surface area contributed by atoms with E-state index in [9.17, 15) is 13.2 Å². The van der Waals surface area contributed by atoms with Gasteiger partial charge in [-0.05, 0) is 31.0 Å². The number of hydrogen-bond acceptors (Lipinski definition) is 2. The molecule has 1 aromatic heterocycles. The summed E-state index contributed by atoms with van der Waals surface area (Å²) >= 11 is 0. The first-order valence-electron chi connectivity index (χ1n) is 4.25. The Morgan fingerprint density at radius 2 is 2.00 bits per heavy atom. The Balaban J connectivity index is 2.79. The van der Waals surface area contributed by atoms with Crippen LogP contribution in [0.2, 0.25) is 0 Å². The highest BCUT2D eigenvalue weighted by Gasteiger charge is 2.30. The maximum atomic E-state index is 12.2. The average Bonchev–Trinajstić information content (AvgIpc) is 2.14. The number of nitrogens with two attached hydrogens (primary N) is 1. The van der Waals surface area contributed by atoms with Crippen LogP contribution in [0.15, 0.2) is 18.5 Å². The fourth-order valence-electron chi connectivity index (χ4n) is 1.09. The van der Waals surface area contributed by atoms with Gasteiger partial charge < -0.3 is 5.73 Å². The predicted octanol–water partition coefficient (Wildman–Crippen LogP) is 1.99. The third-order valence-corrected chi connectivity index (χ3v) is 1.79. The fourth-order valence-corrected chi connectivity index (χ4v) is 1.09. The van der Waals surface area contributed by atoms with Gasteiger partial charge in [0.25, 0.3) is 0 Å². The van der Waals surface area contributed by atoms with Gasteiger partial charge >= 0.3 is 6.18 Å². The summed E-state index contributed by atoms with van der Waals surface area (Å²) in [4.78, 5) is 3.54. The molecular formula is C9H11F3N2. The van der Waals surface area contributed by atoms with Crippen LogP contribution >= 0.6 is 0 Å². The van der Waals surface area contributed by atoms with E-state index in [4.69, 9.17) is 5.73 Å². The molecule has 2 N–H and O–H groups in total. The Hall–Kier alpha value is -1.10. The van der Waals surface area contributed by atoms with Gasteiger partial charge in [0, 0.05) is 12.4 Å². The molecule has 0 bridgehead atoms. The minimum Gasteiger partial charge on any atom is -0.330 e. The monoisotopic (exact) mass is 204 g/mol. The molecule has 0 atom stereocenters. The normalized spacial score (nSPS) is 11.7. The van der Waals surface area contributed by atoms with Crippen molar-refractivity contribution in [1.82, 2.24) is 4.98 Å². The number of nitrogens with zero attached hydrogens (tertiary/aromatic N) is 1. The van der Waals surface area contributed by atoms with Gasteiger partial charge in [-0.2, -0.15) is 13.2 Å². The Morgan fingerprint density at radius 3 is 2.57 bits per heavy atom. The zero-order valence-electron chi connectivity index (χ0n) is 7.51. The lowest BCUT2D eigenvalue weighted by atomic mass is 10.1. The zero-order chi connectivity index (χ0) is 10.6. The maximum absolute atomic E-state index is 12.2. The van der Waals surface area contributed by atoms with Crippen molar-refractivity contribution in [2.75, 3.05) is 6.54 Å². The summed E-state index contributed by atoms with van der Waals surface area (Å²) in [5.74, 6) is 0. The van der Waals surface area contributed by atoms with Crippen LogP contribution in [0, 0.1) is 0 Å². The van der Waals surface area contributed by atoms with Gasteiger partial charge in [0.05, 0.1) is 5.56 Å². The smallest absolute Gasteiger partial charge is 0.330 e. The Morgan fingerprint density at radius 1 is 1.29 bits per heavy atom. The topological polar surface area (TPSA) is 38.9 Å². The van der Waals surface area contributed by atoms with E-state index >= 15 is 0 Å². The Bertz CT molecular complexity index is 296. The van der Waals surface area contributed by atoms with Crippen molar-refractivity contribution in [2.45, 2.75) is 19.0 Å². The SMILES string of the molecule is NCCCc1cncc(C(F)(F)F)c1. The summed E-state index contributed by atoms with van der Waals surface area (Å²) in [6.07, 6.45) is -0.848. The van der Waals surface area contributed by atoms with Crippen molar-refractivity contribution in [3.63, 3.8) is 0 Å². The van der Waals surface area contributed by atoms with E-state index in [1.165, 1.54) is 6.20 Å². The van der Waals surface area contributed by atoms with Crippen LogP contribution in [-0.2, 0) is 12.6 Å². The second-order valence-electron chi connectivity index (χ2n) is 2.97. The van der Waals surface area contributed by atoms with Gasteiger partial charge in [0.15, 0.2) is 0 Å². The summed E-state index contributed by atoms with van der Waals surface area (Å²) < 4.78 is 36.7. The van der Waals surface area contributed by atoms with Crippen molar-refractivity contribution in [2.24, 2.45) is 5.73 Å². The molecule has 0 aliphatic rings. The van der Waals surface area contributed by atoms with Gasteiger partial charge in [-0.15, -0.1) is 0 Å². The van der Waals surface area contributed by atoms with Crippen LogP contribution in [0.1, 0.15) is 17.5 Å². The molecule has 5 heteroatoms. The quantitative estimate of drug-likeness (QED) is 0.817. The van der Waals surface area contributed by atoms with Crippen molar-refractivity contribution in [3.8, 4) is 0 Å². The number of pyridine rings is 1. The second kappa shape index (κ2) is 4.41. The molecule has 0 fully saturated rings. The highest BCUT2D eigenvalue weighted by atomic mass is 19.4. The van der Waals surface area contributed by atoms with E-state index in [0.29, 0.717) is 24.9 Å². The zero-order valence-corrected chi connectivity index (χ0v) is 7.51. The number of alkyl halides is 3. The van der Waals surface area contributed by atoms with E-state index in [-0.39, 0.29) is 0 Å². The first kappa shape index (κ1) is 11.0. The first-order chi connectivity index (χ1) is 6.54. The Kier molecular flexibility index (Phi) is 3.46. The number of aromatic nitrogens is 1. The average molecular weight is 204 g/mol. The van der Waals surface area contributed by atoms with Crippen LogP contribution < -0.4 is 5.73 Å². The number of halogens is 3. The summed E-state index contributed by atoms with van der Waals surface area (Å²) in [6.45, 7) is 0.468. The Labute approximate surface area is 79.9 Å². The molecule has 1 aromatic rings. The molecule has 0 saturated carbocycles. The molecule has 2 nitrogen and oxygen atoms in total. The molecule has 1 rings (SSSR count). The van der Waals surface area contributed by atoms with E-state index < -0.39 is 11.7 Å². The lowest BCUT2D eigenvalue weighted by Gasteiger charge is -2.07. The predicted molar refractivity (Wildman–Crippen MR) is 46.6 cm³/mol. The molecule has 0 aliphatic carbocycles. The standard InChI is InChI=1S/C9H11F3N2/c10-9(11,12)8-4-7(2-1-3-13)5-14-6-8/h4-6H,1-3,13H2. The third-order valence-electron chi connectivity index (χ3n) is 1.79. The van der Waals surface area contributed by atoms with Gasteiger partial charge in [-0.25, -0.2) is 0 Å². The van der Waals surface area contributed by atoms with Gasteiger partial charge in [0.2, 0.25) is 0 Å². The molecule has 0 saturated heterocycles. The largest absolute Gasteiger partial charge is 0.417 e. The molecule has 1 heterocycles. The molecule has 0 radical (unpaired) electrons. The first-order valence-corrected chi connectivity index (χ1v) is 4.25. The summed E-state index contributed by atoms with van der Waals surface area (Å²) in [5.41, 5.74) is 5.13. The van der Waals surface area contributed by atoms with Crippen molar-refractivity contribution < 1.29 is 13.2 Å². The highest BCUT2D eigenvalue weighted by Crippen LogP contribution is 2.28. The minimum atomic E-state index is -4.31. The maximum Gasteiger partial charge on any atom is 0.417 e. The van der Waals surface area contributed by atoms with Crippen LogP contribution in [0.4, 0.5) is 13.2 Å². The summed E-state index contributed by atoms with van der Waals surface area (Å²) in [5, 5.41) is 0. The van der Waals surface area contributed by atoms with Crippen LogP contribution in [0.5, 0.6) is 0 Å². The van der Waals surface area contributed by atoms with E-state index in [1.807, 2.05) is 0 Å².